The highest BCUT2D eigenvalue weighted by atomic mass is 79.9. The van der Waals surface area contributed by atoms with Gasteiger partial charge in [0, 0.05) is 39.8 Å². The third-order valence-corrected chi connectivity index (χ3v) is 4.33. The molecule has 1 aliphatic rings. The summed E-state index contributed by atoms with van der Waals surface area (Å²) in [6.45, 7) is 0.240. The predicted molar refractivity (Wildman–Crippen MR) is 84.5 cm³/mol. The van der Waals surface area contributed by atoms with Gasteiger partial charge in [-0.1, -0.05) is 15.9 Å². The first kappa shape index (κ1) is 14.0. The van der Waals surface area contributed by atoms with Crippen molar-refractivity contribution in [1.29, 1.82) is 0 Å². The number of fused-ring (bicyclic) bond motifs is 2. The van der Waals surface area contributed by atoms with Gasteiger partial charge in [0.1, 0.15) is 5.82 Å². The second-order valence-electron chi connectivity index (χ2n) is 4.71. The molecule has 0 aliphatic carbocycles. The van der Waals surface area contributed by atoms with E-state index in [-0.39, 0.29) is 6.54 Å². The minimum Gasteiger partial charge on any atom is -0.493 e. The maximum atomic E-state index is 6.17. The SMILES string of the molecule is COc1ccc(Br)c2c1Oc1nc(N)c(CN)c(N)c1C2. The minimum atomic E-state index is 0.240. The summed E-state index contributed by atoms with van der Waals surface area (Å²) in [7, 11) is 1.59. The van der Waals surface area contributed by atoms with Crippen LogP contribution in [0.2, 0.25) is 0 Å². The van der Waals surface area contributed by atoms with Crippen molar-refractivity contribution >= 4 is 27.4 Å². The monoisotopic (exact) mass is 350 g/mol. The van der Waals surface area contributed by atoms with Crippen LogP contribution in [0.5, 0.6) is 17.4 Å². The van der Waals surface area contributed by atoms with E-state index in [1.54, 1.807) is 7.11 Å². The molecule has 0 radical (unpaired) electrons. The van der Waals surface area contributed by atoms with Crippen LogP contribution in [0, 0.1) is 0 Å². The maximum absolute atomic E-state index is 6.17. The Labute approximate surface area is 130 Å². The third-order valence-electron chi connectivity index (χ3n) is 3.58. The number of anilines is 2. The number of aromatic nitrogens is 1. The molecule has 1 aliphatic heterocycles. The van der Waals surface area contributed by atoms with E-state index in [9.17, 15) is 0 Å². The Hall–Kier alpha value is -1.99. The summed E-state index contributed by atoms with van der Waals surface area (Å²) in [4.78, 5) is 4.27. The van der Waals surface area contributed by atoms with Gasteiger partial charge in [0.15, 0.2) is 11.5 Å². The first-order chi connectivity index (χ1) is 10.1. The second kappa shape index (κ2) is 5.09. The molecule has 0 bridgehead atoms. The van der Waals surface area contributed by atoms with Crippen LogP contribution in [-0.2, 0) is 13.0 Å². The number of halogens is 1. The topological polar surface area (TPSA) is 109 Å². The predicted octanol–water partition coefficient (Wildman–Crippen LogP) is 2.17. The Bertz CT molecular complexity index is 734. The zero-order valence-electron chi connectivity index (χ0n) is 11.4. The third kappa shape index (κ3) is 2.09. The summed E-state index contributed by atoms with van der Waals surface area (Å²) in [6, 6.07) is 3.74. The van der Waals surface area contributed by atoms with E-state index in [4.69, 9.17) is 26.7 Å². The molecule has 21 heavy (non-hydrogen) atoms. The number of nitrogen functional groups attached to an aromatic ring is 2. The minimum absolute atomic E-state index is 0.240. The van der Waals surface area contributed by atoms with Crippen LogP contribution in [0.3, 0.4) is 0 Å². The van der Waals surface area contributed by atoms with Crippen molar-refractivity contribution in [3.8, 4) is 17.4 Å². The lowest BCUT2D eigenvalue weighted by Crippen LogP contribution is -2.15. The Balaban J connectivity index is 2.19. The van der Waals surface area contributed by atoms with Gasteiger partial charge in [-0.25, -0.2) is 0 Å². The Morgan fingerprint density at radius 1 is 1.33 bits per heavy atom. The largest absolute Gasteiger partial charge is 0.493 e. The molecule has 110 valence electrons. The molecule has 2 heterocycles. The zero-order valence-corrected chi connectivity index (χ0v) is 13.0. The smallest absolute Gasteiger partial charge is 0.227 e. The first-order valence-corrected chi connectivity index (χ1v) is 7.16. The molecule has 1 aromatic heterocycles. The second-order valence-corrected chi connectivity index (χ2v) is 5.57. The van der Waals surface area contributed by atoms with Crippen LogP contribution in [0.25, 0.3) is 0 Å². The molecule has 0 spiro atoms. The van der Waals surface area contributed by atoms with Crippen LogP contribution in [-0.4, -0.2) is 12.1 Å². The average Bonchev–Trinajstić information content (AvgIpc) is 2.47. The molecule has 1 aromatic carbocycles. The fourth-order valence-electron chi connectivity index (χ4n) is 2.44. The molecule has 3 rings (SSSR count). The number of nitrogens with zero attached hydrogens (tertiary/aromatic N) is 1. The van der Waals surface area contributed by atoms with Crippen molar-refractivity contribution in [1.82, 2.24) is 4.98 Å². The van der Waals surface area contributed by atoms with E-state index in [2.05, 4.69) is 20.9 Å². The van der Waals surface area contributed by atoms with Crippen molar-refractivity contribution in [3.63, 3.8) is 0 Å². The Kier molecular flexibility index (Phi) is 3.38. The van der Waals surface area contributed by atoms with Crippen LogP contribution in [0.1, 0.15) is 16.7 Å². The van der Waals surface area contributed by atoms with E-state index in [1.165, 1.54) is 0 Å². The molecular weight excluding hydrogens is 336 g/mol. The van der Waals surface area contributed by atoms with Crippen LogP contribution >= 0.6 is 15.9 Å². The van der Waals surface area contributed by atoms with Gasteiger partial charge in [0.05, 0.1) is 7.11 Å². The highest BCUT2D eigenvalue weighted by Gasteiger charge is 2.27. The molecule has 6 nitrogen and oxygen atoms in total. The first-order valence-electron chi connectivity index (χ1n) is 6.36. The van der Waals surface area contributed by atoms with Crippen molar-refractivity contribution in [2.45, 2.75) is 13.0 Å². The van der Waals surface area contributed by atoms with Crippen LogP contribution < -0.4 is 26.7 Å². The fourth-order valence-corrected chi connectivity index (χ4v) is 2.89. The number of nitrogens with two attached hydrogens (primary N) is 3. The van der Waals surface area contributed by atoms with E-state index in [1.807, 2.05) is 12.1 Å². The zero-order chi connectivity index (χ0) is 15.1. The highest BCUT2D eigenvalue weighted by Crippen LogP contribution is 2.47. The quantitative estimate of drug-likeness (QED) is 0.653. The number of benzene rings is 1. The molecule has 0 atom stereocenters. The maximum Gasteiger partial charge on any atom is 0.227 e. The molecule has 0 saturated heterocycles. The molecule has 0 saturated carbocycles. The van der Waals surface area contributed by atoms with Gasteiger partial charge in [0.25, 0.3) is 0 Å². The molecule has 2 aromatic rings. The summed E-state index contributed by atoms with van der Waals surface area (Å²) in [5.74, 6) is 1.98. The van der Waals surface area contributed by atoms with Crippen molar-refractivity contribution in [3.05, 3.63) is 33.3 Å². The van der Waals surface area contributed by atoms with E-state index in [0.717, 1.165) is 15.6 Å². The summed E-state index contributed by atoms with van der Waals surface area (Å²) in [5.41, 5.74) is 20.7. The molecule has 0 amide bonds. The standard InChI is InChI=1S/C14H15BrN4O2/c1-20-10-3-2-9(15)6-4-7-11(17)8(5-16)13(18)19-14(7)21-12(6)10/h2-3H,4-5,16H2,1H3,(H4,17,18,19). The van der Waals surface area contributed by atoms with Crippen molar-refractivity contribution in [2.75, 3.05) is 18.6 Å². The Morgan fingerprint density at radius 2 is 2.10 bits per heavy atom. The summed E-state index contributed by atoms with van der Waals surface area (Å²) in [6.07, 6.45) is 0.578. The van der Waals surface area contributed by atoms with E-state index in [0.29, 0.717) is 40.9 Å². The van der Waals surface area contributed by atoms with Gasteiger partial charge >= 0.3 is 0 Å². The molecule has 6 N–H and O–H groups in total. The van der Waals surface area contributed by atoms with Gasteiger partial charge in [-0.3, -0.25) is 0 Å². The van der Waals surface area contributed by atoms with Crippen LogP contribution in [0.4, 0.5) is 11.5 Å². The van der Waals surface area contributed by atoms with Gasteiger partial charge < -0.3 is 26.7 Å². The lowest BCUT2D eigenvalue weighted by molar-refractivity contribution is 0.365. The molecular formula is C14H15BrN4O2. The van der Waals surface area contributed by atoms with Crippen molar-refractivity contribution < 1.29 is 9.47 Å². The Morgan fingerprint density at radius 3 is 2.76 bits per heavy atom. The number of hydrogen-bond donors (Lipinski definition) is 3. The fraction of sp³-hybridized carbons (Fsp3) is 0.214. The van der Waals surface area contributed by atoms with E-state index >= 15 is 0 Å². The molecule has 7 heteroatoms. The lowest BCUT2D eigenvalue weighted by atomic mass is 9.98. The highest BCUT2D eigenvalue weighted by molar-refractivity contribution is 9.10. The average molecular weight is 351 g/mol. The summed E-state index contributed by atoms with van der Waals surface area (Å²) >= 11 is 3.53. The number of rotatable bonds is 2. The van der Waals surface area contributed by atoms with E-state index < -0.39 is 0 Å². The number of methoxy groups -OCH3 is 1. The van der Waals surface area contributed by atoms with Gasteiger partial charge in [-0.05, 0) is 12.1 Å². The van der Waals surface area contributed by atoms with Gasteiger partial charge in [-0.15, -0.1) is 0 Å². The number of pyridine rings is 1. The molecule has 0 unspecified atom stereocenters. The van der Waals surface area contributed by atoms with Gasteiger partial charge in [0.2, 0.25) is 5.88 Å². The lowest BCUT2D eigenvalue weighted by Gasteiger charge is -2.24. The normalized spacial score (nSPS) is 12.3. The number of ether oxygens (including phenoxy) is 2. The molecule has 0 fully saturated rings. The summed E-state index contributed by atoms with van der Waals surface area (Å²) in [5, 5.41) is 0. The van der Waals surface area contributed by atoms with Gasteiger partial charge in [-0.2, -0.15) is 4.98 Å². The number of hydrogen-bond acceptors (Lipinski definition) is 6. The van der Waals surface area contributed by atoms with Crippen LogP contribution in [0.15, 0.2) is 16.6 Å². The van der Waals surface area contributed by atoms with Crippen molar-refractivity contribution in [2.24, 2.45) is 5.73 Å². The summed E-state index contributed by atoms with van der Waals surface area (Å²) < 4.78 is 12.1.